The number of nitro benzene ring substituents is 1. The first-order chi connectivity index (χ1) is 8.27. The molecular formula is C8H6F3N3O4. The van der Waals surface area contributed by atoms with E-state index in [1.165, 1.54) is 0 Å². The number of hydrogen-bond acceptors (Lipinski definition) is 5. The molecule has 0 radical (unpaired) electrons. The Kier molecular flexibility index (Phi) is 3.71. The van der Waals surface area contributed by atoms with E-state index in [9.17, 15) is 28.1 Å². The van der Waals surface area contributed by atoms with Crippen LogP contribution in [-0.2, 0) is 4.79 Å². The number of halogens is 3. The van der Waals surface area contributed by atoms with Crippen LogP contribution in [0.2, 0.25) is 0 Å². The number of non-ortho nitro benzene ring substituents is 1. The van der Waals surface area contributed by atoms with Crippen molar-refractivity contribution in [2.24, 2.45) is 5.84 Å². The first-order valence-corrected chi connectivity index (χ1v) is 4.29. The van der Waals surface area contributed by atoms with Crippen LogP contribution in [0.15, 0.2) is 18.2 Å². The van der Waals surface area contributed by atoms with E-state index in [1.807, 2.05) is 0 Å². The summed E-state index contributed by atoms with van der Waals surface area (Å²) >= 11 is 0. The lowest BCUT2D eigenvalue weighted by Crippen LogP contribution is -2.47. The number of benzene rings is 1. The first-order valence-electron chi connectivity index (χ1n) is 4.29. The van der Waals surface area contributed by atoms with Crippen LogP contribution >= 0.6 is 0 Å². The van der Waals surface area contributed by atoms with Crippen LogP contribution < -0.4 is 16.0 Å². The van der Waals surface area contributed by atoms with Crippen molar-refractivity contribution in [1.82, 2.24) is 5.43 Å². The molecule has 1 amide bonds. The normalized spacial score (nSPS) is 10.9. The molecule has 0 bridgehead atoms. The lowest BCUT2D eigenvalue weighted by atomic mass is 10.3. The van der Waals surface area contributed by atoms with Gasteiger partial charge in [0.05, 0.1) is 11.0 Å². The Hall–Kier alpha value is -2.36. The Bertz CT molecular complexity index is 494. The Labute approximate surface area is 97.4 Å². The number of carbonyl (C=O) groups is 1. The summed E-state index contributed by atoms with van der Waals surface area (Å²) in [6.07, 6.45) is -4.40. The van der Waals surface area contributed by atoms with Crippen LogP contribution in [-0.4, -0.2) is 16.9 Å². The molecule has 0 atom stereocenters. The van der Waals surface area contributed by atoms with Gasteiger partial charge in [0.15, 0.2) is 11.6 Å². The number of nitrogens with two attached hydrogens (primary N) is 1. The predicted octanol–water partition coefficient (Wildman–Crippen LogP) is 0.695. The Morgan fingerprint density at radius 2 is 2.11 bits per heavy atom. The highest BCUT2D eigenvalue weighted by Gasteiger charge is 2.42. The van der Waals surface area contributed by atoms with E-state index in [0.29, 0.717) is 12.1 Å². The van der Waals surface area contributed by atoms with Crippen LogP contribution in [0.5, 0.6) is 5.75 Å². The largest absolute Gasteiger partial charge is 0.483 e. The highest BCUT2D eigenvalue weighted by Crippen LogP contribution is 2.27. The summed E-state index contributed by atoms with van der Waals surface area (Å²) in [5.41, 5.74) is 0.483. The van der Waals surface area contributed by atoms with E-state index in [4.69, 9.17) is 0 Å². The molecule has 0 unspecified atom stereocenters. The zero-order chi connectivity index (χ0) is 13.9. The van der Waals surface area contributed by atoms with Crippen LogP contribution in [0, 0.1) is 15.9 Å². The lowest BCUT2D eigenvalue weighted by molar-refractivity contribution is -0.385. The van der Waals surface area contributed by atoms with Gasteiger partial charge in [-0.15, -0.1) is 0 Å². The van der Waals surface area contributed by atoms with Gasteiger partial charge in [-0.2, -0.15) is 8.78 Å². The molecule has 0 aliphatic carbocycles. The van der Waals surface area contributed by atoms with Crippen molar-refractivity contribution in [3.05, 3.63) is 34.1 Å². The average Bonchev–Trinajstić information content (AvgIpc) is 2.30. The van der Waals surface area contributed by atoms with Gasteiger partial charge in [0.2, 0.25) is 0 Å². The second kappa shape index (κ2) is 4.87. The predicted molar refractivity (Wildman–Crippen MR) is 51.0 cm³/mol. The van der Waals surface area contributed by atoms with Crippen LogP contribution in [0.25, 0.3) is 0 Å². The van der Waals surface area contributed by atoms with Crippen molar-refractivity contribution in [2.45, 2.75) is 6.11 Å². The van der Waals surface area contributed by atoms with Gasteiger partial charge < -0.3 is 4.74 Å². The second-order valence-electron chi connectivity index (χ2n) is 2.96. The molecule has 0 saturated heterocycles. The zero-order valence-corrected chi connectivity index (χ0v) is 8.52. The number of hydrazine groups is 1. The molecule has 0 saturated carbocycles. The molecule has 1 aromatic carbocycles. The SMILES string of the molecule is NNC(=O)C(F)(F)Oc1ccc([N+](=O)[O-])cc1F. The summed E-state index contributed by atoms with van der Waals surface area (Å²) in [5, 5.41) is 10.3. The molecular weight excluding hydrogens is 259 g/mol. The molecule has 10 heteroatoms. The summed E-state index contributed by atoms with van der Waals surface area (Å²) in [7, 11) is 0. The van der Waals surface area contributed by atoms with Gasteiger partial charge in [0.1, 0.15) is 0 Å². The summed E-state index contributed by atoms with van der Waals surface area (Å²) in [6.45, 7) is 0. The van der Waals surface area contributed by atoms with E-state index >= 15 is 0 Å². The number of nitro groups is 1. The second-order valence-corrected chi connectivity index (χ2v) is 2.96. The van der Waals surface area contributed by atoms with Crippen LogP contribution in [0.4, 0.5) is 18.9 Å². The number of hydrogen-bond donors (Lipinski definition) is 2. The fraction of sp³-hybridized carbons (Fsp3) is 0.125. The van der Waals surface area contributed by atoms with E-state index in [0.717, 1.165) is 11.5 Å². The van der Waals surface area contributed by atoms with E-state index in [2.05, 4.69) is 10.6 Å². The van der Waals surface area contributed by atoms with Gasteiger partial charge in [-0.05, 0) is 6.07 Å². The van der Waals surface area contributed by atoms with E-state index < -0.39 is 34.2 Å². The Morgan fingerprint density at radius 3 is 2.56 bits per heavy atom. The summed E-state index contributed by atoms with van der Waals surface area (Å²) in [6, 6.07) is 1.73. The number of ether oxygens (including phenoxy) is 1. The summed E-state index contributed by atoms with van der Waals surface area (Å²) in [5.74, 6) is 0.0574. The Morgan fingerprint density at radius 1 is 1.50 bits per heavy atom. The lowest BCUT2D eigenvalue weighted by Gasteiger charge is -2.15. The minimum Gasteiger partial charge on any atom is -0.422 e. The molecule has 7 nitrogen and oxygen atoms in total. The Balaban J connectivity index is 2.99. The van der Waals surface area contributed by atoms with Crippen molar-refractivity contribution in [3.8, 4) is 5.75 Å². The molecule has 0 aliphatic rings. The van der Waals surface area contributed by atoms with E-state index in [-0.39, 0.29) is 0 Å². The molecule has 1 rings (SSSR count). The van der Waals surface area contributed by atoms with Crippen LogP contribution in [0.3, 0.4) is 0 Å². The third-order valence-corrected chi connectivity index (χ3v) is 1.76. The minimum absolute atomic E-state index is 0.381. The highest BCUT2D eigenvalue weighted by molar-refractivity contribution is 5.81. The van der Waals surface area contributed by atoms with Crippen molar-refractivity contribution < 1.29 is 27.6 Å². The van der Waals surface area contributed by atoms with Gasteiger partial charge in [-0.1, -0.05) is 0 Å². The third kappa shape index (κ3) is 2.85. The maximum atomic E-state index is 13.2. The molecule has 0 heterocycles. The van der Waals surface area contributed by atoms with Crippen molar-refractivity contribution in [2.75, 3.05) is 0 Å². The quantitative estimate of drug-likeness (QED) is 0.360. The zero-order valence-electron chi connectivity index (χ0n) is 8.52. The molecule has 98 valence electrons. The number of carbonyl (C=O) groups excluding carboxylic acids is 1. The molecule has 3 N–H and O–H groups in total. The fourth-order valence-corrected chi connectivity index (χ4v) is 0.955. The smallest absolute Gasteiger partial charge is 0.422 e. The van der Waals surface area contributed by atoms with Gasteiger partial charge in [-0.25, -0.2) is 10.2 Å². The molecule has 0 aliphatic heterocycles. The number of nitrogens with one attached hydrogen (secondary N) is 1. The minimum atomic E-state index is -4.40. The topological polar surface area (TPSA) is 107 Å². The number of rotatable bonds is 4. The van der Waals surface area contributed by atoms with Crippen molar-refractivity contribution in [3.63, 3.8) is 0 Å². The van der Waals surface area contributed by atoms with E-state index in [1.54, 1.807) is 0 Å². The number of alkyl halides is 2. The van der Waals surface area contributed by atoms with Crippen molar-refractivity contribution in [1.29, 1.82) is 0 Å². The maximum absolute atomic E-state index is 13.2. The third-order valence-electron chi connectivity index (χ3n) is 1.76. The summed E-state index contributed by atoms with van der Waals surface area (Å²) in [4.78, 5) is 19.9. The van der Waals surface area contributed by atoms with Crippen LogP contribution in [0.1, 0.15) is 0 Å². The fourth-order valence-electron chi connectivity index (χ4n) is 0.955. The monoisotopic (exact) mass is 265 g/mol. The average molecular weight is 265 g/mol. The van der Waals surface area contributed by atoms with Gasteiger partial charge >= 0.3 is 12.0 Å². The molecule has 18 heavy (non-hydrogen) atoms. The highest BCUT2D eigenvalue weighted by atomic mass is 19.3. The standard InChI is InChI=1S/C8H6F3N3O4/c9-5-3-4(14(16)17)1-2-6(5)18-8(10,11)7(15)13-12/h1-3H,12H2,(H,13,15). The molecule has 0 spiro atoms. The summed E-state index contributed by atoms with van der Waals surface area (Å²) < 4.78 is 42.8. The molecule has 1 aromatic rings. The van der Waals surface area contributed by atoms with Gasteiger partial charge in [-0.3, -0.25) is 20.3 Å². The number of amides is 1. The molecule has 0 aromatic heterocycles. The van der Waals surface area contributed by atoms with Crippen molar-refractivity contribution >= 4 is 11.6 Å². The van der Waals surface area contributed by atoms with Gasteiger partial charge in [0.25, 0.3) is 5.69 Å². The first kappa shape index (κ1) is 13.7. The maximum Gasteiger partial charge on any atom is 0.483 e. The molecule has 0 fully saturated rings. The number of nitrogens with zero attached hydrogens (tertiary/aromatic N) is 1. The van der Waals surface area contributed by atoms with Gasteiger partial charge in [0, 0.05) is 6.07 Å².